The molecule has 0 heterocycles. The molecule has 2 N–H and O–H groups in total. The van der Waals surface area contributed by atoms with Crippen LogP contribution in [0.4, 0.5) is 4.79 Å². The zero-order chi connectivity index (χ0) is 53.3. The Morgan fingerprint density at radius 2 is 0.833 bits per heavy atom. The van der Waals surface area contributed by atoms with Gasteiger partial charge in [0.2, 0.25) is 5.91 Å². The van der Waals surface area contributed by atoms with Crippen molar-refractivity contribution in [2.24, 2.45) is 0 Å². The zero-order valence-electron chi connectivity index (χ0n) is 46.4. The Balaban J connectivity index is 5.56. The molecule has 0 aromatic heterocycles. The van der Waals surface area contributed by atoms with Gasteiger partial charge in [-0.05, 0) is 65.6 Å². The number of unbranched alkanes of at least 4 members (excludes halogenated alkanes) is 20. The Morgan fingerprint density at radius 1 is 0.444 bits per heavy atom. The summed E-state index contributed by atoms with van der Waals surface area (Å²) in [4.78, 5) is 81.6. The second-order valence-electron chi connectivity index (χ2n) is 19.7. The number of ether oxygens (including phenoxy) is 5. The molecule has 0 rings (SSSR count). The van der Waals surface area contributed by atoms with E-state index in [1.807, 2.05) is 14.1 Å². The highest BCUT2D eigenvalue weighted by Gasteiger charge is 2.22. The fraction of sp³-hybridized carbons (Fsp3) is 0.875. The average molecular weight is 1040 g/mol. The summed E-state index contributed by atoms with van der Waals surface area (Å²) in [5.41, 5.74) is 0. The lowest BCUT2D eigenvalue weighted by Crippen LogP contribution is -2.38. The molecule has 72 heavy (non-hydrogen) atoms. The first-order chi connectivity index (χ1) is 34.8. The number of hydrogen-bond acceptors (Lipinski definition) is 14. The first-order valence-electron chi connectivity index (χ1n) is 28.6. The normalized spacial score (nSPS) is 11.6. The lowest BCUT2D eigenvalue weighted by molar-refractivity contribution is -0.167. The Kier molecular flexibility index (Phi) is 47.4. The second kappa shape index (κ2) is 49.8. The molecule has 0 aromatic rings. The molecule has 0 aliphatic carbocycles. The SMILES string of the molecule is CCCCCCCCC(=N)OCC(CNC(=O)CCCCCCCC)OC(=O)CCCN(CCCC(=O)OC(COC(=O)CCCCCCCC)COC(=O)CCCCCCCC)C(=O)SCCCN(C)C. The van der Waals surface area contributed by atoms with Gasteiger partial charge in [-0.2, -0.15) is 0 Å². The standard InChI is InChI=1S/C56H104N4O11S/c1-7-11-15-19-23-27-34-50(57)67-45-48(44-58-51(61)35-28-24-20-16-12-8-2)70-54(64)38-31-41-60(56(66)72-43-33-40-59(5)6)42-32-39-55(65)71-49(46-68-52(62)36-29-25-21-17-13-9-3)47-69-53(63)37-30-26-22-18-14-10-4/h48-49,57H,7-47H2,1-6H3,(H,58,61). The molecule has 0 spiro atoms. The number of amides is 2. The number of thioether (sulfide) groups is 1. The minimum Gasteiger partial charge on any atom is -0.477 e. The molecule has 0 aliphatic rings. The topological polar surface area (TPSA) is 191 Å². The summed E-state index contributed by atoms with van der Waals surface area (Å²) in [5, 5.41) is 11.1. The number of carbonyl (C=O) groups is 6. The molecule has 420 valence electrons. The van der Waals surface area contributed by atoms with Crippen LogP contribution < -0.4 is 5.32 Å². The van der Waals surface area contributed by atoms with Gasteiger partial charge in [-0.1, -0.05) is 168 Å². The third kappa shape index (κ3) is 45.2. The highest BCUT2D eigenvalue weighted by Crippen LogP contribution is 2.16. The molecule has 1 unspecified atom stereocenters. The van der Waals surface area contributed by atoms with Gasteiger partial charge in [-0.15, -0.1) is 0 Å². The van der Waals surface area contributed by atoms with Crippen LogP contribution in [0.2, 0.25) is 0 Å². The lowest BCUT2D eigenvalue weighted by atomic mass is 10.1. The van der Waals surface area contributed by atoms with Crippen LogP contribution >= 0.6 is 11.8 Å². The van der Waals surface area contributed by atoms with Crippen LogP contribution in [0.5, 0.6) is 0 Å². The van der Waals surface area contributed by atoms with Gasteiger partial charge in [-0.25, -0.2) is 0 Å². The highest BCUT2D eigenvalue weighted by atomic mass is 32.2. The summed E-state index contributed by atoms with van der Waals surface area (Å²) < 4.78 is 28.2. The number of esters is 4. The summed E-state index contributed by atoms with van der Waals surface area (Å²) in [6, 6.07) is 0. The van der Waals surface area contributed by atoms with Gasteiger partial charge in [0, 0.05) is 57.4 Å². The smallest absolute Gasteiger partial charge is 0.306 e. The summed E-state index contributed by atoms with van der Waals surface area (Å²) >= 11 is 1.20. The van der Waals surface area contributed by atoms with Crippen LogP contribution in [0.15, 0.2) is 0 Å². The number of rotatable bonds is 50. The van der Waals surface area contributed by atoms with Crippen LogP contribution in [0.3, 0.4) is 0 Å². The van der Waals surface area contributed by atoms with Crippen molar-refractivity contribution >= 4 is 52.7 Å². The molecule has 0 aliphatic heterocycles. The third-order valence-corrected chi connectivity index (χ3v) is 13.3. The maximum atomic E-state index is 13.5. The number of nitrogens with zero attached hydrogens (tertiary/aromatic N) is 2. The fourth-order valence-electron chi connectivity index (χ4n) is 7.82. The largest absolute Gasteiger partial charge is 0.477 e. The maximum absolute atomic E-state index is 13.5. The van der Waals surface area contributed by atoms with Gasteiger partial charge in [0.1, 0.15) is 19.8 Å². The molecule has 1 atom stereocenters. The summed E-state index contributed by atoms with van der Waals surface area (Å²) in [6.07, 6.45) is 26.3. The molecule has 0 saturated carbocycles. The predicted molar refractivity (Wildman–Crippen MR) is 291 cm³/mol. The van der Waals surface area contributed by atoms with Crippen molar-refractivity contribution < 1.29 is 52.5 Å². The van der Waals surface area contributed by atoms with E-state index in [2.05, 4.69) is 37.9 Å². The van der Waals surface area contributed by atoms with E-state index in [1.54, 1.807) is 4.90 Å². The molecular weight excluding hydrogens is 937 g/mol. The Morgan fingerprint density at radius 3 is 1.29 bits per heavy atom. The molecular formula is C56H104N4O11S. The van der Waals surface area contributed by atoms with Crippen molar-refractivity contribution in [3.8, 4) is 0 Å². The van der Waals surface area contributed by atoms with Crippen LogP contribution in [0.1, 0.15) is 240 Å². The Hall–Kier alpha value is -3.40. The van der Waals surface area contributed by atoms with Crippen molar-refractivity contribution in [3.05, 3.63) is 0 Å². The molecule has 0 bridgehead atoms. The van der Waals surface area contributed by atoms with Gasteiger partial charge in [0.25, 0.3) is 5.24 Å². The summed E-state index contributed by atoms with van der Waals surface area (Å²) in [5.74, 6) is -1.23. The average Bonchev–Trinajstić information content (AvgIpc) is 3.35. The zero-order valence-corrected chi connectivity index (χ0v) is 47.3. The third-order valence-electron chi connectivity index (χ3n) is 12.3. The molecule has 0 fully saturated rings. The molecule has 15 nitrogen and oxygen atoms in total. The van der Waals surface area contributed by atoms with Crippen LogP contribution in [-0.2, 0) is 47.7 Å². The molecule has 0 aromatic carbocycles. The van der Waals surface area contributed by atoms with Crippen LogP contribution in [-0.4, -0.2) is 129 Å². The van der Waals surface area contributed by atoms with Crippen molar-refractivity contribution in [2.75, 3.05) is 65.8 Å². The van der Waals surface area contributed by atoms with Crippen molar-refractivity contribution in [1.82, 2.24) is 15.1 Å². The first-order valence-corrected chi connectivity index (χ1v) is 29.6. The molecule has 16 heteroatoms. The van der Waals surface area contributed by atoms with E-state index in [9.17, 15) is 28.8 Å². The fourth-order valence-corrected chi connectivity index (χ4v) is 8.64. The molecule has 0 radical (unpaired) electrons. The van der Waals surface area contributed by atoms with Crippen molar-refractivity contribution in [2.45, 2.75) is 252 Å². The van der Waals surface area contributed by atoms with Gasteiger partial charge in [0.15, 0.2) is 18.1 Å². The van der Waals surface area contributed by atoms with Gasteiger partial charge < -0.3 is 38.8 Å². The predicted octanol–water partition coefficient (Wildman–Crippen LogP) is 12.7. The van der Waals surface area contributed by atoms with E-state index >= 15 is 0 Å². The monoisotopic (exact) mass is 1040 g/mol. The minimum absolute atomic E-state index is 0.00532. The lowest BCUT2D eigenvalue weighted by Gasteiger charge is -2.23. The number of nitrogens with one attached hydrogen (secondary N) is 2. The second-order valence-corrected chi connectivity index (χ2v) is 20.7. The van der Waals surface area contributed by atoms with Gasteiger partial charge in [0.05, 0.1) is 6.54 Å². The quantitative estimate of drug-likeness (QED) is 0.0193. The number of carbonyl (C=O) groups excluding carboxylic acids is 6. The van der Waals surface area contributed by atoms with E-state index in [1.165, 1.54) is 50.3 Å². The van der Waals surface area contributed by atoms with E-state index in [-0.39, 0.29) is 101 Å². The van der Waals surface area contributed by atoms with E-state index in [0.717, 1.165) is 116 Å². The van der Waals surface area contributed by atoms with Gasteiger partial charge in [-0.3, -0.25) is 34.2 Å². The number of hydrogen-bond donors (Lipinski definition) is 2. The Bertz CT molecular complexity index is 1250. The van der Waals surface area contributed by atoms with Crippen molar-refractivity contribution in [1.29, 1.82) is 5.41 Å². The molecule has 2 amide bonds. The first kappa shape index (κ1) is 68.6. The minimum atomic E-state index is -0.968. The van der Waals surface area contributed by atoms with E-state index in [0.29, 0.717) is 37.9 Å². The Labute approximate surface area is 441 Å². The summed E-state index contributed by atoms with van der Waals surface area (Å²) in [7, 11) is 3.95. The molecule has 0 saturated heterocycles. The van der Waals surface area contributed by atoms with Crippen LogP contribution in [0, 0.1) is 5.41 Å². The summed E-state index contributed by atoms with van der Waals surface area (Å²) in [6.45, 7) is 9.53. The van der Waals surface area contributed by atoms with E-state index < -0.39 is 24.1 Å². The van der Waals surface area contributed by atoms with Gasteiger partial charge >= 0.3 is 23.9 Å². The van der Waals surface area contributed by atoms with E-state index in [4.69, 9.17) is 29.1 Å². The van der Waals surface area contributed by atoms with Crippen molar-refractivity contribution in [3.63, 3.8) is 0 Å². The van der Waals surface area contributed by atoms with Crippen LogP contribution in [0.25, 0.3) is 0 Å². The maximum Gasteiger partial charge on any atom is 0.306 e. The highest BCUT2D eigenvalue weighted by molar-refractivity contribution is 8.13.